The number of carbonyl (C=O) groups is 3. The lowest BCUT2D eigenvalue weighted by Gasteiger charge is -2.32. The first-order valence-electron chi connectivity index (χ1n) is 24.2. The fourth-order valence-electron chi connectivity index (χ4n) is 9.80. The van der Waals surface area contributed by atoms with Crippen LogP contribution >= 0.6 is 0 Å². The van der Waals surface area contributed by atoms with Crippen LogP contribution in [0.4, 0.5) is 0 Å². The molecule has 3 aliphatic carbocycles. The smallest absolute Gasteiger partial charge is 0.186 e. The molecule has 4 aromatic heterocycles. The van der Waals surface area contributed by atoms with E-state index in [1.165, 1.54) is 0 Å². The molecule has 8 bridgehead atoms. The number of hydrogen-bond acceptors (Lipinski definition) is 3. The molecule has 0 fully saturated rings. The average molecular weight is 909 g/mol. The van der Waals surface area contributed by atoms with E-state index in [2.05, 4.69) is 230 Å². The van der Waals surface area contributed by atoms with Crippen LogP contribution in [0.25, 0.3) is 28.1 Å². The summed E-state index contributed by atoms with van der Waals surface area (Å²) in [6.07, 6.45) is 12.5. The molecule has 354 valence electrons. The maximum absolute atomic E-state index is 14.4. The summed E-state index contributed by atoms with van der Waals surface area (Å²) in [4.78, 5) is 58.5. The monoisotopic (exact) mass is 909 g/mol. The van der Waals surface area contributed by atoms with Gasteiger partial charge in [-0.2, -0.15) is 0 Å². The number of nitrogens with one attached hydrogen (secondary N) is 4. The minimum atomic E-state index is -0.430. The molecule has 0 radical (unpaired) electrons. The lowest BCUT2D eigenvalue weighted by Crippen LogP contribution is -2.28. The molecule has 68 heavy (non-hydrogen) atoms. The summed E-state index contributed by atoms with van der Waals surface area (Å²) in [5.74, 6) is 0.227. The van der Waals surface area contributed by atoms with Gasteiger partial charge in [-0.3, -0.25) is 14.4 Å². The van der Waals surface area contributed by atoms with E-state index in [1.54, 1.807) is 0 Å². The zero-order chi connectivity index (χ0) is 50.0. The molecular formula is C61H72N4O3. The van der Waals surface area contributed by atoms with Gasteiger partial charge in [0.2, 0.25) is 0 Å². The minimum absolute atomic E-state index is 0.0689. The lowest BCUT2D eigenvalue weighted by atomic mass is 9.71. The third kappa shape index (κ3) is 8.74. The van der Waals surface area contributed by atoms with Gasteiger partial charge < -0.3 is 19.9 Å². The van der Waals surface area contributed by atoms with Gasteiger partial charge in [0.05, 0.1) is 11.4 Å². The number of rotatable bonds is 0. The lowest BCUT2D eigenvalue weighted by molar-refractivity contribution is -0.114. The Morgan fingerprint density at radius 1 is 0.250 bits per heavy atom. The third-order valence-corrected chi connectivity index (χ3v) is 13.6. The number of H-pyrrole nitrogens is 4. The van der Waals surface area contributed by atoms with Crippen molar-refractivity contribution in [2.24, 2.45) is 32.5 Å². The number of aromatic nitrogens is 4. The number of Topliss-reactive ketones (excluding diaryl/α,β-unsaturated/α-hetero) is 3. The van der Waals surface area contributed by atoms with Gasteiger partial charge in [-0.05, 0) is 134 Å². The summed E-state index contributed by atoms with van der Waals surface area (Å²) in [5.41, 5.74) is 14.7. The number of ketones is 3. The first-order valence-corrected chi connectivity index (χ1v) is 24.2. The van der Waals surface area contributed by atoms with Crippen LogP contribution in [0.5, 0.6) is 0 Å². The van der Waals surface area contributed by atoms with Crippen LogP contribution in [0.15, 0.2) is 135 Å². The summed E-state index contributed by atoms with van der Waals surface area (Å²) >= 11 is 0. The number of aromatic amines is 4. The molecule has 1 aliphatic heterocycles. The number of allylic oxidation sites excluding steroid dienone is 15. The van der Waals surface area contributed by atoms with E-state index >= 15 is 0 Å². The molecule has 0 saturated heterocycles. The summed E-state index contributed by atoms with van der Waals surface area (Å²) in [6, 6.07) is 17.0. The Bertz CT molecular complexity index is 2840. The SMILES string of the molecule is CC(C)(C)C1=CC(=C2c3ccc([nH]3)C(=C3C=C(C(C)(C)C)C(=O)C(C(C)(C)C)=C3)c3ccc([nH]3)-c3ccc([nH]3)C(=C3C=C(C(C)(C)C)C(=O)C(C(C)(C)C)=C3)c3ccc2[nH]3)C=C(C(C)(C)C)C1=O. The predicted octanol–water partition coefficient (Wildman–Crippen LogP) is 15.0. The van der Waals surface area contributed by atoms with Gasteiger partial charge in [0.1, 0.15) is 0 Å². The Hall–Kier alpha value is -6.21. The van der Waals surface area contributed by atoms with Gasteiger partial charge >= 0.3 is 0 Å². The van der Waals surface area contributed by atoms with Crippen molar-refractivity contribution >= 4 is 34.1 Å². The molecule has 7 heteroatoms. The molecule has 0 amide bonds. The van der Waals surface area contributed by atoms with Crippen LogP contribution in [0, 0.1) is 32.5 Å². The molecule has 8 rings (SSSR count). The van der Waals surface area contributed by atoms with Crippen LogP contribution in [0.1, 0.15) is 159 Å². The van der Waals surface area contributed by atoms with Crippen LogP contribution in [-0.4, -0.2) is 37.3 Å². The third-order valence-electron chi connectivity index (χ3n) is 13.6. The van der Waals surface area contributed by atoms with Crippen molar-refractivity contribution in [3.63, 3.8) is 0 Å². The zero-order valence-electron chi connectivity index (χ0n) is 43.8. The molecule has 7 nitrogen and oxygen atoms in total. The van der Waals surface area contributed by atoms with Gasteiger partial charge in [-0.1, -0.05) is 125 Å². The van der Waals surface area contributed by atoms with Gasteiger partial charge in [0, 0.05) is 84.3 Å². The first-order chi connectivity index (χ1) is 31.2. The second-order valence-corrected chi connectivity index (χ2v) is 25.5. The normalized spacial score (nSPS) is 18.0. The van der Waals surface area contributed by atoms with E-state index in [-0.39, 0.29) is 17.3 Å². The highest BCUT2D eigenvalue weighted by Crippen LogP contribution is 2.47. The van der Waals surface area contributed by atoms with Crippen molar-refractivity contribution in [3.8, 4) is 11.4 Å². The molecule has 0 atom stereocenters. The summed E-state index contributed by atoms with van der Waals surface area (Å²) in [7, 11) is 0. The summed E-state index contributed by atoms with van der Waals surface area (Å²) in [5, 5.41) is 0. The molecule has 4 aromatic rings. The Kier molecular flexibility index (Phi) is 11.3. The van der Waals surface area contributed by atoms with E-state index in [4.69, 9.17) is 0 Å². The van der Waals surface area contributed by atoms with Crippen molar-refractivity contribution in [1.82, 2.24) is 19.9 Å². The van der Waals surface area contributed by atoms with Crippen LogP contribution in [0.3, 0.4) is 0 Å². The average Bonchev–Trinajstić information content (AvgIpc) is 4.03. The molecule has 0 saturated carbocycles. The molecule has 0 aromatic carbocycles. The van der Waals surface area contributed by atoms with E-state index in [0.717, 1.165) is 112 Å². The van der Waals surface area contributed by atoms with E-state index in [0.29, 0.717) is 0 Å². The number of fused-ring (bicyclic) bond motifs is 9. The Morgan fingerprint density at radius 3 is 0.559 bits per heavy atom. The minimum Gasteiger partial charge on any atom is -0.354 e. The Morgan fingerprint density at radius 2 is 0.397 bits per heavy atom. The van der Waals surface area contributed by atoms with Crippen LogP contribution < -0.4 is 0 Å². The highest BCUT2D eigenvalue weighted by molar-refractivity contribution is 6.14. The van der Waals surface area contributed by atoms with Crippen molar-refractivity contribution in [1.29, 1.82) is 0 Å². The Labute approximate surface area is 404 Å². The second kappa shape index (κ2) is 15.9. The van der Waals surface area contributed by atoms with Crippen molar-refractivity contribution in [2.75, 3.05) is 0 Å². The molecule has 4 N–H and O–H groups in total. The summed E-state index contributed by atoms with van der Waals surface area (Å²) in [6.45, 7) is 37.9. The number of hydrogen-bond donors (Lipinski definition) is 4. The van der Waals surface area contributed by atoms with Crippen molar-refractivity contribution in [3.05, 3.63) is 169 Å². The Balaban J connectivity index is 1.54. The molecular weight excluding hydrogens is 837 g/mol. The molecule has 0 spiro atoms. The molecule has 5 heterocycles. The van der Waals surface area contributed by atoms with Gasteiger partial charge in [-0.15, -0.1) is 0 Å². The van der Waals surface area contributed by atoms with Crippen LogP contribution in [0.2, 0.25) is 0 Å². The topological polar surface area (TPSA) is 114 Å². The fraction of sp³-hybridized carbons (Fsp3) is 0.393. The quantitative estimate of drug-likeness (QED) is 0.124. The standard InChI is InChI=1S/C61H72N4O3/c1-56(2,3)36-27-33(28-37(53(36)66)57(4,5)6)50-44-21-19-42(62-44)43-20-22-45(63-43)51(34-29-38(58(7,8)9)54(67)39(30-34)59(10,11)12)47-24-26-49(65-47)52(48-25-23-46(50)64-48)35-31-40(60(13,14)15)55(68)41(32-35)61(16,17)18/h19-32,62-65H,1-18H3. The highest BCUT2D eigenvalue weighted by atomic mass is 16.1. The van der Waals surface area contributed by atoms with E-state index in [1.807, 2.05) is 0 Å². The molecule has 4 aliphatic rings. The zero-order valence-corrected chi connectivity index (χ0v) is 43.8. The highest BCUT2D eigenvalue weighted by Gasteiger charge is 2.39. The maximum Gasteiger partial charge on any atom is 0.186 e. The summed E-state index contributed by atoms with van der Waals surface area (Å²) < 4.78 is 0. The van der Waals surface area contributed by atoms with Gasteiger partial charge in [-0.25, -0.2) is 0 Å². The van der Waals surface area contributed by atoms with Gasteiger partial charge in [0.15, 0.2) is 17.3 Å². The predicted molar refractivity (Wildman–Crippen MR) is 280 cm³/mol. The maximum atomic E-state index is 14.4. The number of carbonyl (C=O) groups excluding carboxylic acids is 3. The van der Waals surface area contributed by atoms with Gasteiger partial charge in [0.25, 0.3) is 0 Å². The van der Waals surface area contributed by atoms with Crippen molar-refractivity contribution in [2.45, 2.75) is 125 Å². The largest absolute Gasteiger partial charge is 0.354 e. The molecule has 0 unspecified atom stereocenters. The van der Waals surface area contributed by atoms with Crippen molar-refractivity contribution < 1.29 is 14.4 Å². The van der Waals surface area contributed by atoms with Crippen LogP contribution in [-0.2, 0) is 14.4 Å². The fourth-order valence-corrected chi connectivity index (χ4v) is 9.80. The second-order valence-electron chi connectivity index (χ2n) is 25.5. The first kappa shape index (κ1) is 48.3. The van der Waals surface area contributed by atoms with E-state index < -0.39 is 32.5 Å². The van der Waals surface area contributed by atoms with E-state index in [9.17, 15) is 14.4 Å².